The van der Waals surface area contributed by atoms with Gasteiger partial charge in [-0.05, 0) is 33.4 Å². The van der Waals surface area contributed by atoms with Crippen molar-refractivity contribution in [2.24, 2.45) is 0 Å². The number of nitrogens with one attached hydrogen (secondary N) is 1. The number of carbonyl (C=O) groups is 1. The molecular weight excluding hydrogens is 244 g/mol. The average molecular weight is 274 g/mol. The van der Waals surface area contributed by atoms with E-state index in [1.807, 2.05) is 6.92 Å². The summed E-state index contributed by atoms with van der Waals surface area (Å²) in [5.74, 6) is -0.219. The highest BCUT2D eigenvalue weighted by molar-refractivity contribution is 5.80. The molecule has 0 bridgehead atoms. The van der Waals surface area contributed by atoms with Gasteiger partial charge >= 0.3 is 5.97 Å². The standard InChI is InChI=1S/C14H30N2O3/c1-7-9-15-14(4,13(17)19-6)11-16(8-2)12(3)10-18-5/h12,15H,7-11H2,1-6H3. The molecule has 2 unspecified atom stereocenters. The largest absolute Gasteiger partial charge is 0.468 e. The van der Waals surface area contributed by atoms with Crippen LogP contribution in [0.25, 0.3) is 0 Å². The zero-order valence-corrected chi connectivity index (χ0v) is 13.3. The Bertz CT molecular complexity index is 261. The number of ether oxygens (including phenoxy) is 2. The molecule has 0 spiro atoms. The van der Waals surface area contributed by atoms with E-state index < -0.39 is 5.54 Å². The lowest BCUT2D eigenvalue weighted by molar-refractivity contribution is -0.149. The Labute approximate surface area is 117 Å². The van der Waals surface area contributed by atoms with Gasteiger partial charge in [-0.3, -0.25) is 9.69 Å². The Morgan fingerprint density at radius 2 is 2.00 bits per heavy atom. The number of rotatable bonds is 10. The molecule has 19 heavy (non-hydrogen) atoms. The number of nitrogens with zero attached hydrogens (tertiary/aromatic N) is 1. The van der Waals surface area contributed by atoms with Crippen molar-refractivity contribution >= 4 is 5.97 Å². The van der Waals surface area contributed by atoms with Gasteiger partial charge in [0.2, 0.25) is 0 Å². The van der Waals surface area contributed by atoms with Crippen LogP contribution in [-0.2, 0) is 14.3 Å². The molecule has 1 N–H and O–H groups in total. The van der Waals surface area contributed by atoms with Crippen LogP contribution < -0.4 is 5.32 Å². The SMILES string of the molecule is CCCNC(C)(CN(CC)C(C)COC)C(=O)OC. The zero-order chi connectivity index (χ0) is 14.9. The van der Waals surface area contributed by atoms with Gasteiger partial charge in [-0.25, -0.2) is 0 Å². The zero-order valence-electron chi connectivity index (χ0n) is 13.3. The van der Waals surface area contributed by atoms with Crippen molar-refractivity contribution in [2.45, 2.75) is 45.7 Å². The van der Waals surface area contributed by atoms with E-state index in [-0.39, 0.29) is 12.0 Å². The van der Waals surface area contributed by atoms with Gasteiger partial charge in [0.1, 0.15) is 5.54 Å². The third-order valence-electron chi connectivity index (χ3n) is 3.36. The molecule has 0 aliphatic rings. The summed E-state index contributed by atoms with van der Waals surface area (Å²) in [6, 6.07) is 0.266. The van der Waals surface area contributed by atoms with Crippen LogP contribution in [0, 0.1) is 0 Å². The van der Waals surface area contributed by atoms with Gasteiger partial charge in [-0.1, -0.05) is 13.8 Å². The molecule has 0 fully saturated rings. The highest BCUT2D eigenvalue weighted by Crippen LogP contribution is 2.12. The second-order valence-electron chi connectivity index (χ2n) is 5.12. The molecule has 0 aliphatic heterocycles. The summed E-state index contributed by atoms with van der Waals surface area (Å²) >= 11 is 0. The Kier molecular flexibility index (Phi) is 8.97. The van der Waals surface area contributed by atoms with Crippen molar-refractivity contribution in [3.8, 4) is 0 Å². The molecule has 0 radical (unpaired) electrons. The first-order valence-electron chi connectivity index (χ1n) is 7.01. The van der Waals surface area contributed by atoms with Crippen LogP contribution in [-0.4, -0.2) is 62.9 Å². The highest BCUT2D eigenvalue weighted by Gasteiger charge is 2.36. The molecule has 2 atom stereocenters. The molecule has 5 nitrogen and oxygen atoms in total. The fourth-order valence-corrected chi connectivity index (χ4v) is 2.15. The predicted octanol–water partition coefficient (Wildman–Crippen LogP) is 1.27. The first-order chi connectivity index (χ1) is 8.95. The van der Waals surface area contributed by atoms with Gasteiger partial charge in [-0.2, -0.15) is 0 Å². The molecule has 0 aromatic heterocycles. The monoisotopic (exact) mass is 274 g/mol. The second-order valence-corrected chi connectivity index (χ2v) is 5.12. The summed E-state index contributed by atoms with van der Waals surface area (Å²) < 4.78 is 10.1. The fourth-order valence-electron chi connectivity index (χ4n) is 2.15. The van der Waals surface area contributed by atoms with Gasteiger partial charge in [0.15, 0.2) is 0 Å². The summed E-state index contributed by atoms with van der Waals surface area (Å²) in [5.41, 5.74) is -0.678. The van der Waals surface area contributed by atoms with Crippen molar-refractivity contribution < 1.29 is 14.3 Å². The van der Waals surface area contributed by atoms with Crippen molar-refractivity contribution in [1.29, 1.82) is 0 Å². The fraction of sp³-hybridized carbons (Fsp3) is 0.929. The Hall–Kier alpha value is -0.650. The highest BCUT2D eigenvalue weighted by atomic mass is 16.5. The minimum atomic E-state index is -0.678. The maximum atomic E-state index is 12.0. The minimum absolute atomic E-state index is 0.219. The van der Waals surface area contributed by atoms with E-state index in [0.29, 0.717) is 13.2 Å². The first kappa shape index (κ1) is 18.4. The quantitative estimate of drug-likeness (QED) is 0.608. The molecule has 0 saturated heterocycles. The number of esters is 1. The van der Waals surface area contributed by atoms with Crippen molar-refractivity contribution in [3.63, 3.8) is 0 Å². The molecule has 0 rings (SSSR count). The van der Waals surface area contributed by atoms with Gasteiger partial charge < -0.3 is 14.8 Å². The predicted molar refractivity (Wildman–Crippen MR) is 77.3 cm³/mol. The van der Waals surface area contributed by atoms with E-state index in [9.17, 15) is 4.79 Å². The van der Waals surface area contributed by atoms with E-state index in [2.05, 4.69) is 31.0 Å². The molecular formula is C14H30N2O3. The number of likely N-dealkylation sites (N-methyl/N-ethyl adjacent to an activating group) is 1. The molecule has 0 heterocycles. The van der Waals surface area contributed by atoms with Crippen LogP contribution in [0.4, 0.5) is 0 Å². The van der Waals surface area contributed by atoms with Gasteiger partial charge in [0.25, 0.3) is 0 Å². The van der Waals surface area contributed by atoms with E-state index in [4.69, 9.17) is 9.47 Å². The summed E-state index contributed by atoms with van der Waals surface area (Å²) in [5, 5.41) is 3.30. The van der Waals surface area contributed by atoms with Crippen LogP contribution in [0.15, 0.2) is 0 Å². The van der Waals surface area contributed by atoms with E-state index in [1.54, 1.807) is 7.11 Å². The van der Waals surface area contributed by atoms with Crippen molar-refractivity contribution in [2.75, 3.05) is 40.5 Å². The number of carbonyl (C=O) groups excluding carboxylic acids is 1. The van der Waals surface area contributed by atoms with E-state index >= 15 is 0 Å². The maximum absolute atomic E-state index is 12.0. The Morgan fingerprint density at radius 1 is 1.37 bits per heavy atom. The molecule has 5 heteroatoms. The summed E-state index contributed by atoms with van der Waals surface area (Å²) in [6.45, 7) is 11.1. The van der Waals surface area contributed by atoms with Gasteiger partial charge in [0, 0.05) is 19.7 Å². The molecule has 0 aromatic rings. The van der Waals surface area contributed by atoms with Crippen LogP contribution in [0.2, 0.25) is 0 Å². The third-order valence-corrected chi connectivity index (χ3v) is 3.36. The molecule has 0 saturated carbocycles. The summed E-state index contributed by atoms with van der Waals surface area (Å²) in [7, 11) is 3.13. The number of hydrogen-bond acceptors (Lipinski definition) is 5. The topological polar surface area (TPSA) is 50.8 Å². The van der Waals surface area contributed by atoms with Crippen molar-refractivity contribution in [3.05, 3.63) is 0 Å². The lowest BCUT2D eigenvalue weighted by Crippen LogP contribution is -2.59. The normalized spacial score (nSPS) is 16.2. The van der Waals surface area contributed by atoms with E-state index in [1.165, 1.54) is 7.11 Å². The third kappa shape index (κ3) is 5.89. The lowest BCUT2D eigenvalue weighted by atomic mass is 10.0. The van der Waals surface area contributed by atoms with Crippen molar-refractivity contribution in [1.82, 2.24) is 10.2 Å². The van der Waals surface area contributed by atoms with Crippen LogP contribution in [0.3, 0.4) is 0 Å². The maximum Gasteiger partial charge on any atom is 0.327 e. The Balaban J connectivity index is 4.80. The average Bonchev–Trinajstić information content (AvgIpc) is 2.41. The number of methoxy groups -OCH3 is 2. The Morgan fingerprint density at radius 3 is 2.42 bits per heavy atom. The van der Waals surface area contributed by atoms with Gasteiger partial charge in [-0.15, -0.1) is 0 Å². The second kappa shape index (κ2) is 9.28. The summed E-state index contributed by atoms with van der Waals surface area (Å²) in [4.78, 5) is 14.3. The van der Waals surface area contributed by atoms with Crippen LogP contribution in [0.5, 0.6) is 0 Å². The van der Waals surface area contributed by atoms with Gasteiger partial charge in [0.05, 0.1) is 13.7 Å². The molecule has 0 aromatic carbocycles. The van der Waals surface area contributed by atoms with Crippen LogP contribution >= 0.6 is 0 Å². The molecule has 0 amide bonds. The first-order valence-corrected chi connectivity index (χ1v) is 7.01. The smallest absolute Gasteiger partial charge is 0.327 e. The summed E-state index contributed by atoms with van der Waals surface area (Å²) in [6.07, 6.45) is 0.979. The molecule has 0 aliphatic carbocycles. The van der Waals surface area contributed by atoms with E-state index in [0.717, 1.165) is 19.5 Å². The molecule has 114 valence electrons. The lowest BCUT2D eigenvalue weighted by Gasteiger charge is -2.36. The number of hydrogen-bond donors (Lipinski definition) is 1. The van der Waals surface area contributed by atoms with Crippen LogP contribution in [0.1, 0.15) is 34.1 Å². The minimum Gasteiger partial charge on any atom is -0.468 e.